The first kappa shape index (κ1) is 31.9. The highest BCUT2D eigenvalue weighted by atomic mass is 14.7. The van der Waals surface area contributed by atoms with Gasteiger partial charge in [0.05, 0.1) is 0 Å². The molecule has 0 fully saturated rings. The predicted octanol–water partition coefficient (Wildman–Crippen LogP) is 9.82. The van der Waals surface area contributed by atoms with Crippen LogP contribution in [0.5, 0.6) is 0 Å². The molecular formula is C30H64N2. The lowest BCUT2D eigenvalue weighted by atomic mass is 9.82. The van der Waals surface area contributed by atoms with Crippen LogP contribution in [0.4, 0.5) is 0 Å². The molecule has 0 saturated heterocycles. The van der Waals surface area contributed by atoms with Crippen molar-refractivity contribution in [1.29, 1.82) is 0 Å². The van der Waals surface area contributed by atoms with E-state index in [4.69, 9.17) is 11.5 Å². The first-order valence-electron chi connectivity index (χ1n) is 15.2. The van der Waals surface area contributed by atoms with Crippen molar-refractivity contribution in [3.8, 4) is 0 Å². The first-order valence-corrected chi connectivity index (χ1v) is 15.2. The van der Waals surface area contributed by atoms with Gasteiger partial charge < -0.3 is 11.5 Å². The summed E-state index contributed by atoms with van der Waals surface area (Å²) in [5.74, 6) is 0. The number of hydrogen-bond donors (Lipinski definition) is 2. The van der Waals surface area contributed by atoms with E-state index in [0.717, 1.165) is 13.0 Å². The van der Waals surface area contributed by atoms with E-state index in [9.17, 15) is 0 Å². The standard InChI is InChI=1S/C30H64N2/c1-3-5-7-9-11-13-15-17-19-22-26-30(32,28-24-21-25-29-31)27-23-20-18-16-14-12-10-8-6-4-2/h3-29,31-32H2,1-2H3. The molecular weight excluding hydrogens is 388 g/mol. The van der Waals surface area contributed by atoms with Gasteiger partial charge in [-0.25, -0.2) is 0 Å². The number of unbranched alkanes of at least 4 members (excludes halogenated alkanes) is 20. The van der Waals surface area contributed by atoms with Crippen molar-refractivity contribution in [2.45, 2.75) is 186 Å². The lowest BCUT2D eigenvalue weighted by Gasteiger charge is -2.30. The molecule has 32 heavy (non-hydrogen) atoms. The lowest BCUT2D eigenvalue weighted by molar-refractivity contribution is 0.303. The Morgan fingerprint density at radius 3 is 0.906 bits per heavy atom. The molecule has 0 aliphatic carbocycles. The number of hydrogen-bond acceptors (Lipinski definition) is 2. The van der Waals surface area contributed by atoms with Crippen LogP contribution in [0, 0.1) is 0 Å². The van der Waals surface area contributed by atoms with Gasteiger partial charge in [-0.05, 0) is 32.2 Å². The molecule has 0 atom stereocenters. The zero-order valence-electron chi connectivity index (χ0n) is 22.7. The Bertz CT molecular complexity index is 318. The molecule has 0 bridgehead atoms. The summed E-state index contributed by atoms with van der Waals surface area (Å²) in [4.78, 5) is 0. The summed E-state index contributed by atoms with van der Waals surface area (Å²) in [5, 5.41) is 0. The average Bonchev–Trinajstić information content (AvgIpc) is 2.79. The Kier molecular flexibility index (Phi) is 25.5. The highest BCUT2D eigenvalue weighted by molar-refractivity contribution is 4.84. The van der Waals surface area contributed by atoms with Crippen LogP contribution in [-0.4, -0.2) is 12.1 Å². The Balaban J connectivity index is 3.88. The van der Waals surface area contributed by atoms with E-state index in [1.54, 1.807) is 0 Å². The van der Waals surface area contributed by atoms with Crippen LogP contribution in [0.3, 0.4) is 0 Å². The molecule has 0 unspecified atom stereocenters. The predicted molar refractivity (Wildman–Crippen MR) is 147 cm³/mol. The third-order valence-electron chi connectivity index (χ3n) is 7.44. The zero-order chi connectivity index (χ0) is 23.6. The smallest absolute Gasteiger partial charge is 0.0154 e. The van der Waals surface area contributed by atoms with Gasteiger partial charge in [0.1, 0.15) is 0 Å². The second kappa shape index (κ2) is 25.5. The molecule has 0 radical (unpaired) electrons. The van der Waals surface area contributed by atoms with Gasteiger partial charge in [0.15, 0.2) is 0 Å². The minimum atomic E-state index is 0.0922. The van der Waals surface area contributed by atoms with Crippen LogP contribution in [0.25, 0.3) is 0 Å². The highest BCUT2D eigenvalue weighted by Gasteiger charge is 2.23. The summed E-state index contributed by atoms with van der Waals surface area (Å²) in [6, 6.07) is 0. The molecule has 0 amide bonds. The molecule has 0 aliphatic rings. The van der Waals surface area contributed by atoms with Crippen LogP contribution in [-0.2, 0) is 0 Å². The Labute approximate surface area is 204 Å². The van der Waals surface area contributed by atoms with Crippen LogP contribution < -0.4 is 11.5 Å². The molecule has 0 rings (SSSR count). The minimum Gasteiger partial charge on any atom is -0.330 e. The van der Waals surface area contributed by atoms with Gasteiger partial charge >= 0.3 is 0 Å². The monoisotopic (exact) mass is 453 g/mol. The SMILES string of the molecule is CCCCCCCCCCCCC(N)(CCCCCN)CCCCCCCCCCCC. The normalized spacial score (nSPS) is 12.0. The molecule has 2 nitrogen and oxygen atoms in total. The van der Waals surface area contributed by atoms with Gasteiger partial charge in [-0.1, -0.05) is 155 Å². The second-order valence-electron chi connectivity index (χ2n) is 10.8. The summed E-state index contributed by atoms with van der Waals surface area (Å²) >= 11 is 0. The fourth-order valence-electron chi connectivity index (χ4n) is 5.10. The van der Waals surface area contributed by atoms with Gasteiger partial charge in [0.2, 0.25) is 0 Å². The van der Waals surface area contributed by atoms with E-state index in [2.05, 4.69) is 13.8 Å². The van der Waals surface area contributed by atoms with E-state index < -0.39 is 0 Å². The van der Waals surface area contributed by atoms with E-state index in [1.165, 1.54) is 161 Å². The zero-order valence-corrected chi connectivity index (χ0v) is 22.7. The van der Waals surface area contributed by atoms with Crippen LogP contribution in [0.2, 0.25) is 0 Å². The van der Waals surface area contributed by atoms with Crippen molar-refractivity contribution < 1.29 is 0 Å². The minimum absolute atomic E-state index is 0.0922. The van der Waals surface area contributed by atoms with Crippen LogP contribution in [0.1, 0.15) is 181 Å². The summed E-state index contributed by atoms with van der Waals surface area (Å²) in [5.41, 5.74) is 12.8. The molecule has 0 saturated carbocycles. The molecule has 0 aromatic rings. The van der Waals surface area contributed by atoms with Gasteiger partial charge in [-0.3, -0.25) is 0 Å². The molecule has 0 spiro atoms. The topological polar surface area (TPSA) is 52.0 Å². The molecule has 2 heteroatoms. The fourth-order valence-corrected chi connectivity index (χ4v) is 5.10. The Hall–Kier alpha value is -0.0800. The summed E-state index contributed by atoms with van der Waals surface area (Å²) in [6.07, 6.45) is 35.6. The second-order valence-corrected chi connectivity index (χ2v) is 10.8. The number of rotatable bonds is 27. The molecule has 194 valence electrons. The van der Waals surface area contributed by atoms with Gasteiger partial charge in [0.25, 0.3) is 0 Å². The summed E-state index contributed by atoms with van der Waals surface area (Å²) < 4.78 is 0. The molecule has 0 heterocycles. The van der Waals surface area contributed by atoms with Gasteiger partial charge in [0, 0.05) is 5.54 Å². The third kappa shape index (κ3) is 23.1. The van der Waals surface area contributed by atoms with Crippen molar-refractivity contribution in [1.82, 2.24) is 0 Å². The van der Waals surface area contributed by atoms with Gasteiger partial charge in [-0.15, -0.1) is 0 Å². The molecule has 0 aromatic heterocycles. The Morgan fingerprint density at radius 2 is 0.625 bits per heavy atom. The number of nitrogens with two attached hydrogens (primary N) is 2. The van der Waals surface area contributed by atoms with Crippen molar-refractivity contribution in [2.75, 3.05) is 6.54 Å². The van der Waals surface area contributed by atoms with Crippen molar-refractivity contribution in [2.24, 2.45) is 11.5 Å². The lowest BCUT2D eigenvalue weighted by Crippen LogP contribution is -2.39. The fraction of sp³-hybridized carbons (Fsp3) is 1.00. The maximum Gasteiger partial charge on any atom is 0.0154 e. The molecule has 4 N–H and O–H groups in total. The van der Waals surface area contributed by atoms with Crippen molar-refractivity contribution in [3.05, 3.63) is 0 Å². The first-order chi connectivity index (χ1) is 15.7. The van der Waals surface area contributed by atoms with E-state index in [1.807, 2.05) is 0 Å². The highest BCUT2D eigenvalue weighted by Crippen LogP contribution is 2.27. The summed E-state index contributed by atoms with van der Waals surface area (Å²) in [6.45, 7) is 5.42. The van der Waals surface area contributed by atoms with Gasteiger partial charge in [-0.2, -0.15) is 0 Å². The molecule has 0 aliphatic heterocycles. The van der Waals surface area contributed by atoms with Crippen molar-refractivity contribution in [3.63, 3.8) is 0 Å². The van der Waals surface area contributed by atoms with Crippen LogP contribution >= 0.6 is 0 Å². The quantitative estimate of drug-likeness (QED) is 0.122. The van der Waals surface area contributed by atoms with E-state index >= 15 is 0 Å². The van der Waals surface area contributed by atoms with Crippen LogP contribution in [0.15, 0.2) is 0 Å². The maximum atomic E-state index is 6.97. The molecule has 0 aromatic carbocycles. The van der Waals surface area contributed by atoms with E-state index in [-0.39, 0.29) is 5.54 Å². The average molecular weight is 453 g/mol. The third-order valence-corrected chi connectivity index (χ3v) is 7.44. The maximum absolute atomic E-state index is 6.97. The van der Waals surface area contributed by atoms with Crippen molar-refractivity contribution >= 4 is 0 Å². The Morgan fingerprint density at radius 1 is 0.375 bits per heavy atom. The summed E-state index contributed by atoms with van der Waals surface area (Å²) in [7, 11) is 0. The van der Waals surface area contributed by atoms with E-state index in [0.29, 0.717) is 0 Å². The largest absolute Gasteiger partial charge is 0.330 e.